The van der Waals surface area contributed by atoms with Crippen molar-refractivity contribution in [1.82, 2.24) is 9.29 Å². The van der Waals surface area contributed by atoms with Crippen LogP contribution in [0.5, 0.6) is 0 Å². The average Bonchev–Trinajstić information content (AvgIpc) is 3.04. The quantitative estimate of drug-likeness (QED) is 0.853. The molecule has 0 amide bonds. The van der Waals surface area contributed by atoms with E-state index < -0.39 is 10.0 Å². The minimum absolute atomic E-state index is 0.305. The van der Waals surface area contributed by atoms with E-state index in [4.69, 9.17) is 0 Å². The molecular weight excluding hydrogens is 330 g/mol. The molecule has 2 heterocycles. The summed E-state index contributed by atoms with van der Waals surface area (Å²) in [4.78, 5) is 8.72. The van der Waals surface area contributed by atoms with Gasteiger partial charge < -0.3 is 0 Å². The SMILES string of the molecule is Cc1ccc(S(=O)(=O)N2CCN=C2SCc2cccnc2)cc1. The normalized spacial score (nSPS) is 14.8. The Labute approximate surface area is 140 Å². The summed E-state index contributed by atoms with van der Waals surface area (Å²) in [6.45, 7) is 2.83. The number of benzene rings is 1. The van der Waals surface area contributed by atoms with Crippen molar-refractivity contribution in [2.45, 2.75) is 17.6 Å². The van der Waals surface area contributed by atoms with Crippen molar-refractivity contribution < 1.29 is 8.42 Å². The fourth-order valence-corrected chi connectivity index (χ4v) is 4.88. The molecule has 2 aromatic rings. The molecule has 0 bridgehead atoms. The fourth-order valence-electron chi connectivity index (χ4n) is 2.22. The van der Waals surface area contributed by atoms with Gasteiger partial charge in [-0.05, 0) is 30.7 Å². The number of hydrogen-bond acceptors (Lipinski definition) is 5. The molecular formula is C16H17N3O2S2. The second kappa shape index (κ2) is 6.72. The van der Waals surface area contributed by atoms with Crippen LogP contribution in [0, 0.1) is 6.92 Å². The number of hydrogen-bond donors (Lipinski definition) is 0. The predicted octanol–water partition coefficient (Wildman–Crippen LogP) is 2.68. The van der Waals surface area contributed by atoms with Gasteiger partial charge in [-0.15, -0.1) is 0 Å². The number of rotatable bonds is 4. The van der Waals surface area contributed by atoms with Crippen molar-refractivity contribution in [1.29, 1.82) is 0 Å². The van der Waals surface area contributed by atoms with Crippen molar-refractivity contribution >= 4 is 27.0 Å². The van der Waals surface area contributed by atoms with Crippen LogP contribution < -0.4 is 0 Å². The summed E-state index contributed by atoms with van der Waals surface area (Å²) in [5.41, 5.74) is 2.07. The molecule has 1 aromatic carbocycles. The Bertz CT molecular complexity index is 803. The van der Waals surface area contributed by atoms with E-state index in [0.29, 0.717) is 28.9 Å². The molecule has 7 heteroatoms. The van der Waals surface area contributed by atoms with Gasteiger partial charge in [-0.3, -0.25) is 9.98 Å². The Kier molecular flexibility index (Phi) is 4.68. The molecule has 120 valence electrons. The zero-order valence-electron chi connectivity index (χ0n) is 12.7. The lowest BCUT2D eigenvalue weighted by Crippen LogP contribution is -2.32. The topological polar surface area (TPSA) is 62.6 Å². The van der Waals surface area contributed by atoms with Crippen molar-refractivity contribution in [2.75, 3.05) is 13.1 Å². The van der Waals surface area contributed by atoms with E-state index in [9.17, 15) is 8.42 Å². The van der Waals surface area contributed by atoms with Gasteiger partial charge in [0.15, 0.2) is 5.17 Å². The van der Waals surface area contributed by atoms with E-state index in [1.54, 1.807) is 24.5 Å². The summed E-state index contributed by atoms with van der Waals surface area (Å²) < 4.78 is 27.0. The zero-order chi connectivity index (χ0) is 16.3. The number of nitrogens with zero attached hydrogens (tertiary/aromatic N) is 3. The maximum absolute atomic E-state index is 12.8. The molecule has 0 spiro atoms. The molecule has 0 unspecified atom stereocenters. The molecule has 0 N–H and O–H groups in total. The van der Waals surface area contributed by atoms with Crippen LogP contribution in [0.25, 0.3) is 0 Å². The highest BCUT2D eigenvalue weighted by molar-refractivity contribution is 8.14. The molecule has 0 radical (unpaired) electrons. The lowest BCUT2D eigenvalue weighted by Gasteiger charge is -2.20. The van der Waals surface area contributed by atoms with E-state index in [1.807, 2.05) is 31.2 Å². The van der Waals surface area contributed by atoms with Gasteiger partial charge in [0, 0.05) is 18.1 Å². The number of aromatic nitrogens is 1. The first kappa shape index (κ1) is 16.0. The molecule has 0 saturated heterocycles. The van der Waals surface area contributed by atoms with Crippen LogP contribution in [0.15, 0.2) is 58.7 Å². The van der Waals surface area contributed by atoms with Gasteiger partial charge in [-0.1, -0.05) is 35.5 Å². The molecule has 3 rings (SSSR count). The van der Waals surface area contributed by atoms with E-state index >= 15 is 0 Å². The number of aryl methyl sites for hydroxylation is 1. The second-order valence-electron chi connectivity index (χ2n) is 5.20. The van der Waals surface area contributed by atoms with Crippen LogP contribution in [0.4, 0.5) is 0 Å². The Hall–Kier alpha value is -1.86. The van der Waals surface area contributed by atoms with Gasteiger partial charge in [0.25, 0.3) is 10.0 Å². The molecule has 23 heavy (non-hydrogen) atoms. The Morgan fingerprint density at radius 1 is 1.22 bits per heavy atom. The molecule has 0 saturated carbocycles. The smallest absolute Gasteiger partial charge is 0.264 e. The fraction of sp³-hybridized carbons (Fsp3) is 0.250. The highest BCUT2D eigenvalue weighted by Gasteiger charge is 2.30. The summed E-state index contributed by atoms with van der Waals surface area (Å²) in [5, 5.41) is 0.550. The molecule has 1 aliphatic heterocycles. The van der Waals surface area contributed by atoms with Crippen molar-refractivity contribution in [3.05, 3.63) is 59.9 Å². The standard InChI is InChI=1S/C16H17N3O2S2/c1-13-4-6-15(7-5-13)23(20,21)19-10-9-18-16(19)22-12-14-3-2-8-17-11-14/h2-8,11H,9-10,12H2,1H3. The van der Waals surface area contributed by atoms with E-state index in [0.717, 1.165) is 11.1 Å². The van der Waals surface area contributed by atoms with Crippen LogP contribution in [0.3, 0.4) is 0 Å². The summed E-state index contributed by atoms with van der Waals surface area (Å²) in [5.74, 6) is 0.645. The van der Waals surface area contributed by atoms with Gasteiger partial charge in [0.05, 0.1) is 18.0 Å². The first-order valence-electron chi connectivity index (χ1n) is 7.23. The van der Waals surface area contributed by atoms with Gasteiger partial charge in [0.1, 0.15) is 0 Å². The molecule has 0 atom stereocenters. The number of aliphatic imine (C=N–C) groups is 1. The summed E-state index contributed by atoms with van der Waals surface area (Å²) in [6, 6.07) is 10.7. The minimum Gasteiger partial charge on any atom is -0.264 e. The molecule has 1 aromatic heterocycles. The van der Waals surface area contributed by atoms with Crippen molar-refractivity contribution in [3.63, 3.8) is 0 Å². The lowest BCUT2D eigenvalue weighted by atomic mass is 10.2. The van der Waals surface area contributed by atoms with Crippen LogP contribution in [0.1, 0.15) is 11.1 Å². The monoisotopic (exact) mass is 347 g/mol. The third-order valence-electron chi connectivity index (χ3n) is 3.46. The number of amidine groups is 1. The van der Waals surface area contributed by atoms with Crippen molar-refractivity contribution in [3.8, 4) is 0 Å². The Morgan fingerprint density at radius 3 is 2.70 bits per heavy atom. The summed E-state index contributed by atoms with van der Waals surface area (Å²) in [6.07, 6.45) is 3.50. The van der Waals surface area contributed by atoms with Gasteiger partial charge in [-0.2, -0.15) is 0 Å². The molecule has 0 aliphatic carbocycles. The van der Waals surface area contributed by atoms with Gasteiger partial charge >= 0.3 is 0 Å². The third kappa shape index (κ3) is 3.56. The molecule has 0 fully saturated rings. The van der Waals surface area contributed by atoms with Gasteiger partial charge in [0.2, 0.25) is 0 Å². The Morgan fingerprint density at radius 2 is 2.00 bits per heavy atom. The number of pyridine rings is 1. The largest absolute Gasteiger partial charge is 0.265 e. The molecule has 1 aliphatic rings. The average molecular weight is 347 g/mol. The maximum Gasteiger partial charge on any atom is 0.265 e. The van der Waals surface area contributed by atoms with Crippen LogP contribution >= 0.6 is 11.8 Å². The first-order valence-corrected chi connectivity index (χ1v) is 9.65. The van der Waals surface area contributed by atoms with E-state index in [-0.39, 0.29) is 0 Å². The lowest BCUT2D eigenvalue weighted by molar-refractivity contribution is 0.540. The highest BCUT2D eigenvalue weighted by atomic mass is 32.2. The van der Waals surface area contributed by atoms with E-state index in [2.05, 4.69) is 9.98 Å². The maximum atomic E-state index is 12.8. The van der Waals surface area contributed by atoms with Crippen LogP contribution in [-0.2, 0) is 15.8 Å². The summed E-state index contributed by atoms with van der Waals surface area (Å²) in [7, 11) is -3.54. The summed E-state index contributed by atoms with van der Waals surface area (Å²) >= 11 is 1.43. The van der Waals surface area contributed by atoms with Crippen LogP contribution in [0.2, 0.25) is 0 Å². The zero-order valence-corrected chi connectivity index (χ0v) is 14.3. The van der Waals surface area contributed by atoms with Crippen molar-refractivity contribution in [2.24, 2.45) is 4.99 Å². The first-order chi connectivity index (χ1) is 11.1. The van der Waals surface area contributed by atoms with Gasteiger partial charge in [-0.25, -0.2) is 12.7 Å². The number of thioether (sulfide) groups is 1. The molecule has 5 nitrogen and oxygen atoms in total. The minimum atomic E-state index is -3.54. The highest BCUT2D eigenvalue weighted by Crippen LogP contribution is 2.25. The third-order valence-corrected chi connectivity index (χ3v) is 6.47. The Balaban J connectivity index is 1.76. The second-order valence-corrected chi connectivity index (χ2v) is 8.01. The van der Waals surface area contributed by atoms with E-state index in [1.165, 1.54) is 16.1 Å². The predicted molar refractivity (Wildman–Crippen MR) is 92.9 cm³/mol. The number of sulfonamides is 1. The van der Waals surface area contributed by atoms with Crippen LogP contribution in [-0.4, -0.2) is 36.0 Å².